The lowest BCUT2D eigenvalue weighted by Gasteiger charge is -2.21. The number of benzene rings is 1. The molecule has 0 bridgehead atoms. The van der Waals surface area contributed by atoms with Crippen LogP contribution in [0.2, 0.25) is 0 Å². The molecule has 0 spiro atoms. The molecule has 1 amide bonds. The van der Waals surface area contributed by atoms with E-state index in [0.717, 1.165) is 18.4 Å². The van der Waals surface area contributed by atoms with Crippen molar-refractivity contribution < 1.29 is 9.32 Å². The molecule has 9 heteroatoms. The molecule has 0 aliphatic carbocycles. The molecule has 0 N–H and O–H groups in total. The van der Waals surface area contributed by atoms with Gasteiger partial charge in [0.15, 0.2) is 0 Å². The van der Waals surface area contributed by atoms with Gasteiger partial charge in [-0.15, -0.1) is 5.10 Å². The molecule has 1 fully saturated rings. The van der Waals surface area contributed by atoms with Crippen molar-refractivity contribution in [3.63, 3.8) is 0 Å². The highest BCUT2D eigenvalue weighted by Crippen LogP contribution is 2.32. The Kier molecular flexibility index (Phi) is 4.19. The average Bonchev–Trinajstić information content (AvgIpc) is 3.41. The first-order chi connectivity index (χ1) is 12.3. The molecule has 128 valence electrons. The van der Waals surface area contributed by atoms with Gasteiger partial charge in [-0.2, -0.15) is 4.98 Å². The summed E-state index contributed by atoms with van der Waals surface area (Å²) in [7, 11) is 0. The van der Waals surface area contributed by atoms with Gasteiger partial charge in [0.2, 0.25) is 17.6 Å². The van der Waals surface area contributed by atoms with E-state index in [4.69, 9.17) is 4.52 Å². The Bertz CT molecular complexity index is 831. The van der Waals surface area contributed by atoms with Crippen molar-refractivity contribution in [2.45, 2.75) is 31.8 Å². The van der Waals surface area contributed by atoms with Crippen LogP contribution >= 0.6 is 0 Å². The topological polar surface area (TPSA) is 103 Å². The Hall–Kier alpha value is -3.10. The summed E-state index contributed by atoms with van der Waals surface area (Å²) < 4.78 is 6.99. The molecule has 9 nitrogen and oxygen atoms in total. The van der Waals surface area contributed by atoms with Crippen molar-refractivity contribution in [2.75, 3.05) is 6.54 Å². The Labute approximate surface area is 143 Å². The lowest BCUT2D eigenvalue weighted by atomic mass is 10.2. The van der Waals surface area contributed by atoms with Gasteiger partial charge in [0.05, 0.1) is 6.54 Å². The van der Waals surface area contributed by atoms with Crippen LogP contribution in [-0.2, 0) is 11.3 Å². The summed E-state index contributed by atoms with van der Waals surface area (Å²) in [6.45, 7) is 1.15. The summed E-state index contributed by atoms with van der Waals surface area (Å²) in [5.74, 6) is 1.08. The van der Waals surface area contributed by atoms with Crippen LogP contribution in [0.5, 0.6) is 0 Å². The van der Waals surface area contributed by atoms with Gasteiger partial charge in [-0.1, -0.05) is 35.5 Å². The Morgan fingerprint density at radius 3 is 2.96 bits per heavy atom. The fourth-order valence-corrected chi connectivity index (χ4v) is 3.03. The predicted molar refractivity (Wildman–Crippen MR) is 85.9 cm³/mol. The number of carbonyl (C=O) groups excluding carboxylic acids is 1. The highest BCUT2D eigenvalue weighted by Gasteiger charge is 2.33. The summed E-state index contributed by atoms with van der Waals surface area (Å²) in [4.78, 5) is 18.9. The number of hydrogen-bond donors (Lipinski definition) is 0. The molecule has 0 radical (unpaired) electrons. The first-order valence-electron chi connectivity index (χ1n) is 8.20. The second-order valence-electron chi connectivity index (χ2n) is 5.89. The Balaban J connectivity index is 1.46. The largest absolute Gasteiger partial charge is 0.337 e. The summed E-state index contributed by atoms with van der Waals surface area (Å²) in [5, 5.41) is 15.0. The molecule has 0 unspecified atom stereocenters. The molecular formula is C16H17N7O2. The monoisotopic (exact) mass is 339 g/mol. The fourth-order valence-electron chi connectivity index (χ4n) is 3.03. The van der Waals surface area contributed by atoms with Gasteiger partial charge in [0.1, 0.15) is 12.4 Å². The second kappa shape index (κ2) is 6.80. The van der Waals surface area contributed by atoms with Crippen molar-refractivity contribution in [3.05, 3.63) is 42.5 Å². The highest BCUT2D eigenvalue weighted by molar-refractivity contribution is 5.76. The summed E-state index contributed by atoms with van der Waals surface area (Å²) in [6.07, 6.45) is 3.58. The SMILES string of the molecule is O=C(CCn1cnnn1)N1CCC[C@@H]1c1nc(-c2ccccc2)no1. The second-order valence-corrected chi connectivity index (χ2v) is 5.89. The molecule has 3 aromatic rings. The minimum absolute atomic E-state index is 0.0393. The summed E-state index contributed by atoms with van der Waals surface area (Å²) in [6, 6.07) is 9.49. The number of rotatable bonds is 5. The number of aryl methyl sites for hydroxylation is 1. The van der Waals surface area contributed by atoms with E-state index < -0.39 is 0 Å². The molecule has 3 heterocycles. The number of likely N-dealkylation sites (tertiary alicyclic amines) is 1. The molecular weight excluding hydrogens is 322 g/mol. The maximum Gasteiger partial charge on any atom is 0.249 e. The van der Waals surface area contributed by atoms with Crippen LogP contribution < -0.4 is 0 Å². The molecule has 1 aliphatic heterocycles. The molecule has 25 heavy (non-hydrogen) atoms. The van der Waals surface area contributed by atoms with Crippen LogP contribution in [-0.4, -0.2) is 47.7 Å². The van der Waals surface area contributed by atoms with Crippen LogP contribution in [0.25, 0.3) is 11.4 Å². The van der Waals surface area contributed by atoms with E-state index in [9.17, 15) is 4.79 Å². The van der Waals surface area contributed by atoms with Gasteiger partial charge in [-0.05, 0) is 23.3 Å². The molecule has 1 saturated heterocycles. The smallest absolute Gasteiger partial charge is 0.249 e. The zero-order valence-electron chi connectivity index (χ0n) is 13.5. The van der Waals surface area contributed by atoms with Gasteiger partial charge >= 0.3 is 0 Å². The van der Waals surface area contributed by atoms with E-state index in [0.29, 0.717) is 31.2 Å². The minimum atomic E-state index is -0.161. The highest BCUT2D eigenvalue weighted by atomic mass is 16.5. The van der Waals surface area contributed by atoms with Crippen molar-refractivity contribution in [2.24, 2.45) is 0 Å². The van der Waals surface area contributed by atoms with Gasteiger partial charge < -0.3 is 9.42 Å². The minimum Gasteiger partial charge on any atom is -0.337 e. The number of nitrogens with zero attached hydrogens (tertiary/aromatic N) is 7. The van der Waals surface area contributed by atoms with E-state index >= 15 is 0 Å². The number of aromatic nitrogens is 6. The molecule has 0 saturated carbocycles. The average molecular weight is 339 g/mol. The van der Waals surface area contributed by atoms with Crippen molar-refractivity contribution in [3.8, 4) is 11.4 Å². The van der Waals surface area contributed by atoms with E-state index in [1.807, 2.05) is 35.2 Å². The lowest BCUT2D eigenvalue weighted by Crippen LogP contribution is -2.31. The number of hydrogen-bond acceptors (Lipinski definition) is 7. The first kappa shape index (κ1) is 15.4. The van der Waals surface area contributed by atoms with Gasteiger partial charge in [-0.3, -0.25) is 4.79 Å². The normalized spacial score (nSPS) is 17.1. The maximum atomic E-state index is 12.6. The molecule has 1 atom stereocenters. The lowest BCUT2D eigenvalue weighted by molar-refractivity contribution is -0.132. The maximum absolute atomic E-state index is 12.6. The van der Waals surface area contributed by atoms with Crippen molar-refractivity contribution in [1.82, 2.24) is 35.2 Å². The van der Waals surface area contributed by atoms with E-state index in [2.05, 4.69) is 25.7 Å². The fraction of sp³-hybridized carbons (Fsp3) is 0.375. The third kappa shape index (κ3) is 3.25. The van der Waals surface area contributed by atoms with Gasteiger partial charge in [0.25, 0.3) is 0 Å². The van der Waals surface area contributed by atoms with Crippen LogP contribution in [0, 0.1) is 0 Å². The molecule has 1 aromatic carbocycles. The van der Waals surface area contributed by atoms with Crippen LogP contribution in [0.3, 0.4) is 0 Å². The third-order valence-electron chi connectivity index (χ3n) is 4.28. The first-order valence-corrected chi connectivity index (χ1v) is 8.20. The van der Waals surface area contributed by atoms with Crippen LogP contribution in [0.4, 0.5) is 0 Å². The Morgan fingerprint density at radius 1 is 1.28 bits per heavy atom. The Morgan fingerprint density at radius 2 is 2.16 bits per heavy atom. The number of amides is 1. The van der Waals surface area contributed by atoms with Crippen molar-refractivity contribution in [1.29, 1.82) is 0 Å². The van der Waals surface area contributed by atoms with Crippen LogP contribution in [0.15, 0.2) is 41.2 Å². The van der Waals surface area contributed by atoms with Crippen LogP contribution in [0.1, 0.15) is 31.2 Å². The molecule has 2 aromatic heterocycles. The van der Waals surface area contributed by atoms with E-state index in [1.165, 1.54) is 6.33 Å². The van der Waals surface area contributed by atoms with Crippen molar-refractivity contribution >= 4 is 5.91 Å². The van der Waals surface area contributed by atoms with E-state index in [-0.39, 0.29) is 11.9 Å². The quantitative estimate of drug-likeness (QED) is 0.693. The van der Waals surface area contributed by atoms with E-state index in [1.54, 1.807) is 4.68 Å². The third-order valence-corrected chi connectivity index (χ3v) is 4.28. The molecule has 1 aliphatic rings. The predicted octanol–water partition coefficient (Wildman–Crippen LogP) is 1.48. The zero-order valence-corrected chi connectivity index (χ0v) is 13.5. The molecule has 4 rings (SSSR count). The summed E-state index contributed by atoms with van der Waals surface area (Å²) >= 11 is 0. The number of tetrazole rings is 1. The van der Waals surface area contributed by atoms with Gasteiger partial charge in [-0.25, -0.2) is 4.68 Å². The standard InChI is InChI=1S/C16H17N7O2/c24-14(8-10-22-11-17-20-21-22)23-9-4-7-13(23)16-18-15(19-25-16)12-5-2-1-3-6-12/h1-3,5-6,11,13H,4,7-10H2/t13-/m1/s1. The van der Waals surface area contributed by atoms with Gasteiger partial charge in [0, 0.05) is 18.5 Å². The number of carbonyl (C=O) groups is 1. The summed E-state index contributed by atoms with van der Waals surface area (Å²) in [5.41, 5.74) is 0.895. The zero-order chi connectivity index (χ0) is 17.1.